The number of aliphatic imine (C=N–C) groups is 1. The Balaban J connectivity index is 1.27. The zero-order valence-electron chi connectivity index (χ0n) is 26.4. The van der Waals surface area contributed by atoms with Crippen molar-refractivity contribution in [1.82, 2.24) is 15.2 Å². The van der Waals surface area contributed by atoms with Crippen LogP contribution in [0.1, 0.15) is 24.1 Å². The summed E-state index contributed by atoms with van der Waals surface area (Å²) in [7, 11) is 0. The Morgan fingerprint density at radius 2 is 1.88 bits per heavy atom. The van der Waals surface area contributed by atoms with E-state index >= 15 is 0 Å². The number of thioether (sulfide) groups is 1. The maximum Gasteiger partial charge on any atom is 0.325 e. The molecule has 6 N–H and O–H groups in total. The Bertz CT molecular complexity index is 1800. The number of thiazole rings is 1. The minimum absolute atomic E-state index is 0.0361. The first-order valence-corrected chi connectivity index (χ1v) is 17.8. The van der Waals surface area contributed by atoms with Gasteiger partial charge in [0.15, 0.2) is 0 Å². The number of hydrogen-bond acceptors (Lipinski definition) is 13. The molecule has 2 atom stereocenters. The van der Waals surface area contributed by atoms with Crippen molar-refractivity contribution in [2.75, 3.05) is 32.8 Å². The molecule has 12 nitrogen and oxygen atoms in total. The molecular formula is C34H35ClN8O4S2. The first-order valence-electron chi connectivity index (χ1n) is 15.5. The van der Waals surface area contributed by atoms with Crippen molar-refractivity contribution >= 4 is 64.2 Å². The first kappa shape index (κ1) is 35.6. The van der Waals surface area contributed by atoms with Gasteiger partial charge in [0.2, 0.25) is 5.91 Å². The molecule has 254 valence electrons. The highest BCUT2D eigenvalue weighted by Crippen LogP contribution is 2.41. The molecule has 1 amide bonds. The molecule has 0 saturated carbocycles. The van der Waals surface area contributed by atoms with Gasteiger partial charge in [0.1, 0.15) is 59.4 Å². The maximum atomic E-state index is 11.9. The minimum atomic E-state index is -1.12. The van der Waals surface area contributed by atoms with Gasteiger partial charge < -0.3 is 36.6 Å². The molecule has 0 radical (unpaired) electrons. The predicted octanol–water partition coefficient (Wildman–Crippen LogP) is 4.37. The van der Waals surface area contributed by atoms with Crippen LogP contribution in [0.15, 0.2) is 76.2 Å². The number of nitriles is 1. The van der Waals surface area contributed by atoms with Gasteiger partial charge in [-0.15, -0.1) is 23.1 Å². The van der Waals surface area contributed by atoms with Gasteiger partial charge in [-0.25, -0.2) is 9.98 Å². The average molecular weight is 719 g/mol. The van der Waals surface area contributed by atoms with Gasteiger partial charge in [0.25, 0.3) is 0 Å². The molecule has 3 heterocycles. The summed E-state index contributed by atoms with van der Waals surface area (Å²) in [5.41, 5.74) is 16.3. The number of ether oxygens (including phenoxy) is 2. The van der Waals surface area contributed by atoms with E-state index in [1.165, 1.54) is 6.20 Å². The molecule has 2 aliphatic heterocycles. The highest BCUT2D eigenvalue weighted by atomic mass is 35.5. The lowest BCUT2D eigenvalue weighted by Gasteiger charge is -2.30. The Hall–Kier alpha value is -4.68. The fourth-order valence-corrected chi connectivity index (χ4v) is 7.29. The predicted molar refractivity (Wildman–Crippen MR) is 193 cm³/mol. The average Bonchev–Trinajstić information content (AvgIpc) is 3.84. The second-order valence-corrected chi connectivity index (χ2v) is 13.3. The van der Waals surface area contributed by atoms with E-state index in [0.29, 0.717) is 27.9 Å². The Labute approximate surface area is 297 Å². The summed E-state index contributed by atoms with van der Waals surface area (Å²) in [6.45, 7) is 1.34. The molecule has 1 unspecified atom stereocenters. The number of rotatable bonds is 13. The quantitative estimate of drug-likeness (QED) is 0.112. The van der Waals surface area contributed by atoms with Gasteiger partial charge in [0, 0.05) is 58.4 Å². The van der Waals surface area contributed by atoms with Crippen LogP contribution in [0, 0.1) is 16.7 Å². The minimum Gasteiger partial charge on any atom is -0.490 e. The normalized spacial score (nSPS) is 17.3. The van der Waals surface area contributed by atoms with Crippen molar-refractivity contribution in [3.8, 4) is 22.4 Å². The van der Waals surface area contributed by atoms with Crippen molar-refractivity contribution in [2.45, 2.75) is 30.0 Å². The van der Waals surface area contributed by atoms with Crippen molar-refractivity contribution in [3.63, 3.8) is 0 Å². The highest BCUT2D eigenvalue weighted by molar-refractivity contribution is 7.99. The standard InChI is InChI=1S/C34H35ClN8O4S2/c35-23-7-3-22(4-8-23)33-41-24(19-48-33)20-49-34-27(16-37)30(26(15-36)31(42-34)43-11-1-2-12-43)21-5-9-25(10-6-21)46-13-14-47-29(44)18-40-32(45)28(39)17-38/h3-10,16-17,19,28,34,38H,1-2,11-14,18,20,37,39H2,(H,40,45)/t28-,34?/m0/s1. The van der Waals surface area contributed by atoms with Gasteiger partial charge in [0.05, 0.1) is 5.69 Å². The Morgan fingerprint density at radius 1 is 1.16 bits per heavy atom. The van der Waals surface area contributed by atoms with Crippen LogP contribution >= 0.6 is 34.7 Å². The van der Waals surface area contributed by atoms with Gasteiger partial charge in [-0.1, -0.05) is 35.9 Å². The van der Waals surface area contributed by atoms with Crippen molar-refractivity contribution in [1.29, 1.82) is 10.7 Å². The molecule has 1 saturated heterocycles. The number of amidine groups is 1. The number of esters is 1. The number of carbonyl (C=O) groups is 2. The number of nitrogens with zero attached hydrogens (tertiary/aromatic N) is 4. The fraction of sp³-hybridized carbons (Fsp3) is 0.294. The van der Waals surface area contributed by atoms with Gasteiger partial charge in [-0.3, -0.25) is 9.59 Å². The third-order valence-corrected chi connectivity index (χ3v) is 9.97. The molecule has 1 fully saturated rings. The van der Waals surface area contributed by atoms with Gasteiger partial charge in [-0.2, -0.15) is 5.26 Å². The van der Waals surface area contributed by atoms with E-state index in [4.69, 9.17) is 47.9 Å². The van der Waals surface area contributed by atoms with Crippen LogP contribution in [0.4, 0.5) is 0 Å². The summed E-state index contributed by atoms with van der Waals surface area (Å²) in [5.74, 6) is 0.516. The summed E-state index contributed by atoms with van der Waals surface area (Å²) in [6, 6.07) is 16.2. The molecule has 0 aliphatic carbocycles. The zero-order chi connectivity index (χ0) is 34.8. The lowest BCUT2D eigenvalue weighted by Crippen LogP contribution is -2.43. The summed E-state index contributed by atoms with van der Waals surface area (Å²) >= 11 is 9.24. The second-order valence-electron chi connectivity index (χ2n) is 10.9. The van der Waals surface area contributed by atoms with Crippen molar-refractivity contribution in [2.24, 2.45) is 16.5 Å². The number of aromatic nitrogens is 1. The smallest absolute Gasteiger partial charge is 0.325 e. The third-order valence-electron chi connectivity index (χ3n) is 7.64. The van der Waals surface area contributed by atoms with Crippen LogP contribution in [0.2, 0.25) is 5.02 Å². The summed E-state index contributed by atoms with van der Waals surface area (Å²) in [6.07, 6.45) is 4.38. The zero-order valence-corrected chi connectivity index (χ0v) is 28.8. The number of dihydropyridines is 1. The lowest BCUT2D eigenvalue weighted by atomic mass is 9.90. The van der Waals surface area contributed by atoms with E-state index < -0.39 is 17.9 Å². The molecule has 3 aromatic rings. The van der Waals surface area contributed by atoms with Crippen molar-refractivity contribution < 1.29 is 19.1 Å². The summed E-state index contributed by atoms with van der Waals surface area (Å²) < 4.78 is 10.8. The number of amides is 1. The molecule has 1 aromatic heterocycles. The molecule has 2 aromatic carbocycles. The molecule has 5 rings (SSSR count). The Kier molecular flexibility index (Phi) is 12.4. The lowest BCUT2D eigenvalue weighted by molar-refractivity contribution is -0.144. The summed E-state index contributed by atoms with van der Waals surface area (Å²) in [4.78, 5) is 35.6. The van der Waals surface area contributed by atoms with Crippen LogP contribution in [-0.2, 0) is 20.1 Å². The number of hydrogen-bond donors (Lipinski definition) is 4. The second kappa shape index (κ2) is 17.1. The van der Waals surface area contributed by atoms with Crippen LogP contribution in [-0.4, -0.2) is 78.1 Å². The molecule has 15 heteroatoms. The first-order chi connectivity index (χ1) is 23.8. The van der Waals surface area contributed by atoms with Crippen LogP contribution in [0.25, 0.3) is 16.1 Å². The van der Waals surface area contributed by atoms with Gasteiger partial charge >= 0.3 is 5.97 Å². The van der Waals surface area contributed by atoms with E-state index in [-0.39, 0.29) is 25.1 Å². The Morgan fingerprint density at radius 3 is 2.55 bits per heavy atom. The number of nitrogens with one attached hydrogen (secondary N) is 2. The van der Waals surface area contributed by atoms with Gasteiger partial charge in [-0.05, 0) is 42.7 Å². The molecular weight excluding hydrogens is 684 g/mol. The SMILES string of the molecule is N#CC1=C(c2ccc(OCCOC(=O)CNC(=O)[C@@H](N)C=N)cc2)C(=CN)C(SCc2csc(-c3ccc(Cl)cc3)n2)N=C1N1CCCC1. The highest BCUT2D eigenvalue weighted by Gasteiger charge is 2.33. The number of nitrogens with two attached hydrogens (primary N) is 2. The van der Waals surface area contributed by atoms with E-state index in [9.17, 15) is 14.9 Å². The van der Waals surface area contributed by atoms with Crippen molar-refractivity contribution in [3.05, 3.63) is 87.5 Å². The molecule has 0 spiro atoms. The van der Waals surface area contributed by atoms with E-state index in [0.717, 1.165) is 65.1 Å². The largest absolute Gasteiger partial charge is 0.490 e. The number of halogens is 1. The van der Waals surface area contributed by atoms with E-state index in [1.54, 1.807) is 35.2 Å². The topological polar surface area (TPSA) is 193 Å². The summed E-state index contributed by atoms with van der Waals surface area (Å²) in [5, 5.41) is 23.0. The fourth-order valence-electron chi connectivity index (χ4n) is 5.20. The maximum absolute atomic E-state index is 11.9. The number of benzene rings is 2. The number of carbonyl (C=O) groups excluding carboxylic acids is 2. The van der Waals surface area contributed by atoms with E-state index in [1.807, 2.05) is 41.8 Å². The molecule has 2 aliphatic rings. The monoisotopic (exact) mass is 718 g/mol. The molecule has 0 bridgehead atoms. The molecule has 49 heavy (non-hydrogen) atoms. The van der Waals surface area contributed by atoms with Crippen LogP contribution in [0.5, 0.6) is 5.75 Å². The van der Waals surface area contributed by atoms with Crippen LogP contribution in [0.3, 0.4) is 0 Å². The van der Waals surface area contributed by atoms with E-state index in [2.05, 4.69) is 16.3 Å². The third kappa shape index (κ3) is 9.07. The van der Waals surface area contributed by atoms with Crippen LogP contribution < -0.4 is 21.5 Å². The number of likely N-dealkylation sites (tertiary alicyclic amines) is 1.